The van der Waals surface area contributed by atoms with Gasteiger partial charge in [-0.05, 0) is 42.9 Å². The highest BCUT2D eigenvalue weighted by atomic mass is 14.3. The van der Waals surface area contributed by atoms with E-state index >= 15 is 0 Å². The first-order valence-corrected chi connectivity index (χ1v) is 7.90. The van der Waals surface area contributed by atoms with Gasteiger partial charge in [0.15, 0.2) is 0 Å². The second kappa shape index (κ2) is 7.16. The van der Waals surface area contributed by atoms with Crippen molar-refractivity contribution >= 4 is 0 Å². The van der Waals surface area contributed by atoms with E-state index in [0.717, 1.165) is 17.8 Å². The van der Waals surface area contributed by atoms with E-state index < -0.39 is 0 Å². The topological polar surface area (TPSA) is 0 Å². The van der Waals surface area contributed by atoms with Crippen LogP contribution >= 0.6 is 0 Å². The minimum absolute atomic E-state index is 0.623. The second-order valence-electron chi connectivity index (χ2n) is 6.42. The molecule has 0 heteroatoms. The first-order valence-electron chi connectivity index (χ1n) is 7.90. The summed E-state index contributed by atoms with van der Waals surface area (Å²) in [6, 6.07) is 0. The molecule has 1 aliphatic rings. The van der Waals surface area contributed by atoms with E-state index in [4.69, 9.17) is 0 Å². The van der Waals surface area contributed by atoms with E-state index in [0.29, 0.717) is 5.92 Å². The average Bonchev–Trinajstić information content (AvgIpc) is 3.03. The van der Waals surface area contributed by atoms with E-state index in [1.165, 1.54) is 25.7 Å². The first-order chi connectivity index (χ1) is 8.49. The summed E-state index contributed by atoms with van der Waals surface area (Å²) >= 11 is 0. The SMILES string of the molecule is CCCC1CC1=CC(C)C=C(CC)C(C)C(C)C. The Morgan fingerprint density at radius 2 is 1.89 bits per heavy atom. The largest absolute Gasteiger partial charge is 0.0784 e. The highest BCUT2D eigenvalue weighted by Gasteiger charge is 2.28. The van der Waals surface area contributed by atoms with Gasteiger partial charge in [0.25, 0.3) is 0 Å². The zero-order valence-corrected chi connectivity index (χ0v) is 13.3. The van der Waals surface area contributed by atoms with Crippen molar-refractivity contribution < 1.29 is 0 Å². The number of rotatable bonds is 7. The van der Waals surface area contributed by atoms with Crippen molar-refractivity contribution in [1.29, 1.82) is 0 Å². The molecular weight excluding hydrogens is 216 g/mol. The van der Waals surface area contributed by atoms with Crippen LogP contribution in [0.5, 0.6) is 0 Å². The molecule has 0 saturated heterocycles. The van der Waals surface area contributed by atoms with Crippen LogP contribution in [0.3, 0.4) is 0 Å². The standard InChI is InChI=1S/C18H32/c1-7-9-17-12-18(17)11-14(5)10-16(8-2)15(6)13(3)4/h10-11,13-15,17H,7-9,12H2,1-6H3. The molecule has 0 radical (unpaired) electrons. The smallest absolute Gasteiger partial charge is 0.00763 e. The van der Waals surface area contributed by atoms with E-state index in [2.05, 4.69) is 53.7 Å². The summed E-state index contributed by atoms with van der Waals surface area (Å²) < 4.78 is 0. The van der Waals surface area contributed by atoms with Gasteiger partial charge in [0.2, 0.25) is 0 Å². The lowest BCUT2D eigenvalue weighted by Crippen LogP contribution is -2.08. The van der Waals surface area contributed by atoms with E-state index in [-0.39, 0.29) is 0 Å². The third-order valence-corrected chi connectivity index (χ3v) is 4.43. The summed E-state index contributed by atoms with van der Waals surface area (Å²) in [6.45, 7) is 14.0. The lowest BCUT2D eigenvalue weighted by molar-refractivity contribution is 0.467. The van der Waals surface area contributed by atoms with Crippen molar-refractivity contribution in [3.8, 4) is 0 Å². The van der Waals surface area contributed by atoms with Gasteiger partial charge in [0, 0.05) is 0 Å². The molecule has 0 aromatic carbocycles. The van der Waals surface area contributed by atoms with Crippen molar-refractivity contribution in [2.45, 2.75) is 67.2 Å². The van der Waals surface area contributed by atoms with E-state index in [1.807, 2.05) is 0 Å². The predicted molar refractivity (Wildman–Crippen MR) is 82.6 cm³/mol. The molecule has 1 rings (SSSR count). The molecule has 0 amide bonds. The summed E-state index contributed by atoms with van der Waals surface area (Å²) in [5.41, 5.74) is 3.36. The Morgan fingerprint density at radius 1 is 1.22 bits per heavy atom. The van der Waals surface area contributed by atoms with Crippen LogP contribution in [0, 0.1) is 23.7 Å². The Hall–Kier alpha value is -0.520. The molecule has 104 valence electrons. The molecule has 0 N–H and O–H groups in total. The van der Waals surface area contributed by atoms with Crippen molar-refractivity contribution in [1.82, 2.24) is 0 Å². The average molecular weight is 248 g/mol. The van der Waals surface area contributed by atoms with Gasteiger partial charge >= 0.3 is 0 Å². The third-order valence-electron chi connectivity index (χ3n) is 4.43. The lowest BCUT2D eigenvalue weighted by Gasteiger charge is -2.19. The summed E-state index contributed by atoms with van der Waals surface area (Å²) in [4.78, 5) is 0. The first kappa shape index (κ1) is 15.5. The molecule has 1 aliphatic carbocycles. The van der Waals surface area contributed by atoms with Crippen molar-refractivity contribution in [2.24, 2.45) is 23.7 Å². The fraction of sp³-hybridized carbons (Fsp3) is 0.778. The Kier molecular flexibility index (Phi) is 6.18. The van der Waals surface area contributed by atoms with Crippen LogP contribution in [0.15, 0.2) is 23.3 Å². The van der Waals surface area contributed by atoms with Crippen LogP contribution < -0.4 is 0 Å². The summed E-state index contributed by atoms with van der Waals surface area (Å²) in [5.74, 6) is 3.03. The summed E-state index contributed by atoms with van der Waals surface area (Å²) in [5, 5.41) is 0. The zero-order valence-electron chi connectivity index (χ0n) is 13.3. The molecule has 18 heavy (non-hydrogen) atoms. The van der Waals surface area contributed by atoms with Crippen LogP contribution in [0.4, 0.5) is 0 Å². The maximum atomic E-state index is 2.52. The maximum absolute atomic E-state index is 2.52. The van der Waals surface area contributed by atoms with Gasteiger partial charge in [-0.1, -0.05) is 71.3 Å². The Morgan fingerprint density at radius 3 is 2.39 bits per heavy atom. The third kappa shape index (κ3) is 4.63. The molecule has 3 atom stereocenters. The van der Waals surface area contributed by atoms with Gasteiger partial charge in [-0.15, -0.1) is 0 Å². The Balaban J connectivity index is 2.59. The molecule has 0 heterocycles. The predicted octanol–water partition coefficient (Wildman–Crippen LogP) is 6.00. The molecule has 1 saturated carbocycles. The van der Waals surface area contributed by atoms with Crippen LogP contribution in [-0.2, 0) is 0 Å². The van der Waals surface area contributed by atoms with Crippen LogP contribution in [-0.4, -0.2) is 0 Å². The van der Waals surface area contributed by atoms with Gasteiger partial charge in [-0.3, -0.25) is 0 Å². The fourth-order valence-corrected chi connectivity index (χ4v) is 2.81. The van der Waals surface area contributed by atoms with Crippen LogP contribution in [0.25, 0.3) is 0 Å². The molecule has 1 fully saturated rings. The Bertz CT molecular complexity index is 306. The summed E-state index contributed by atoms with van der Waals surface area (Å²) in [6.07, 6.45) is 10.3. The van der Waals surface area contributed by atoms with Crippen molar-refractivity contribution in [3.63, 3.8) is 0 Å². The van der Waals surface area contributed by atoms with Gasteiger partial charge in [-0.2, -0.15) is 0 Å². The Labute approximate surface area is 115 Å². The quantitative estimate of drug-likeness (QED) is 0.485. The fourth-order valence-electron chi connectivity index (χ4n) is 2.81. The molecular formula is C18H32. The van der Waals surface area contributed by atoms with Crippen LogP contribution in [0.1, 0.15) is 67.2 Å². The van der Waals surface area contributed by atoms with E-state index in [9.17, 15) is 0 Å². The second-order valence-corrected chi connectivity index (χ2v) is 6.42. The number of allylic oxidation sites excluding steroid dienone is 4. The van der Waals surface area contributed by atoms with Crippen LogP contribution in [0.2, 0.25) is 0 Å². The monoisotopic (exact) mass is 248 g/mol. The minimum atomic E-state index is 0.623. The highest BCUT2D eigenvalue weighted by molar-refractivity contribution is 5.26. The van der Waals surface area contributed by atoms with Crippen molar-refractivity contribution in [2.75, 3.05) is 0 Å². The lowest BCUT2D eigenvalue weighted by atomic mass is 9.86. The van der Waals surface area contributed by atoms with E-state index in [1.54, 1.807) is 11.1 Å². The normalized spacial score (nSPS) is 25.6. The van der Waals surface area contributed by atoms with Gasteiger partial charge in [0.05, 0.1) is 0 Å². The molecule has 0 aromatic rings. The van der Waals surface area contributed by atoms with Gasteiger partial charge in [-0.25, -0.2) is 0 Å². The molecule has 0 aromatic heterocycles. The number of hydrogen-bond donors (Lipinski definition) is 0. The molecule has 0 bridgehead atoms. The number of hydrogen-bond acceptors (Lipinski definition) is 0. The maximum Gasteiger partial charge on any atom is -0.00763 e. The molecule has 0 spiro atoms. The van der Waals surface area contributed by atoms with Gasteiger partial charge in [0.1, 0.15) is 0 Å². The molecule has 0 aliphatic heterocycles. The van der Waals surface area contributed by atoms with Gasteiger partial charge < -0.3 is 0 Å². The molecule has 0 nitrogen and oxygen atoms in total. The minimum Gasteiger partial charge on any atom is -0.0784 e. The summed E-state index contributed by atoms with van der Waals surface area (Å²) in [7, 11) is 0. The van der Waals surface area contributed by atoms with Crippen molar-refractivity contribution in [3.05, 3.63) is 23.3 Å². The highest BCUT2D eigenvalue weighted by Crippen LogP contribution is 2.42. The molecule has 3 unspecified atom stereocenters. The zero-order chi connectivity index (χ0) is 13.7.